The normalized spacial score (nSPS) is 16.7. The molecule has 0 atom stereocenters. The summed E-state index contributed by atoms with van der Waals surface area (Å²) >= 11 is 0. The minimum absolute atomic E-state index is 0.00935. The maximum Gasteiger partial charge on any atom is 0.202 e. The molecule has 0 aromatic heterocycles. The molecule has 0 radical (unpaired) electrons. The van der Waals surface area contributed by atoms with Crippen LogP contribution in [-0.2, 0) is 10.2 Å². The Bertz CT molecular complexity index is 1460. The van der Waals surface area contributed by atoms with Crippen LogP contribution in [0.25, 0.3) is 22.8 Å². The second-order valence-electron chi connectivity index (χ2n) is 8.82. The van der Waals surface area contributed by atoms with Gasteiger partial charge in [0.15, 0.2) is 0 Å². The predicted octanol–water partition coefficient (Wildman–Crippen LogP) is 6.33. The lowest BCUT2D eigenvalue weighted by molar-refractivity contribution is -0.111. The molecule has 0 N–H and O–H groups in total. The molecule has 6 rings (SSSR count). The summed E-state index contributed by atoms with van der Waals surface area (Å²) in [5.74, 6) is 6.40. The number of carbonyl (C=O) groups is 1. The zero-order valence-electron chi connectivity index (χ0n) is 17.5. The molecule has 0 amide bonds. The fourth-order valence-corrected chi connectivity index (χ4v) is 5.02. The summed E-state index contributed by atoms with van der Waals surface area (Å²) in [5, 5.41) is 0. The molecule has 0 unspecified atom stereocenters. The van der Waals surface area contributed by atoms with Gasteiger partial charge in [-0.2, -0.15) is 0 Å². The number of rotatable bonds is 0. The van der Waals surface area contributed by atoms with Crippen molar-refractivity contribution in [1.29, 1.82) is 0 Å². The Morgan fingerprint density at radius 1 is 0.710 bits per heavy atom. The highest BCUT2D eigenvalue weighted by atomic mass is 16.1. The third-order valence-electron chi connectivity index (χ3n) is 6.67. The second-order valence-corrected chi connectivity index (χ2v) is 8.82. The van der Waals surface area contributed by atoms with Crippen LogP contribution >= 0.6 is 0 Å². The minimum Gasteiger partial charge on any atom is -0.288 e. The zero-order chi connectivity index (χ0) is 21.2. The number of ketones is 1. The first-order valence-electron chi connectivity index (χ1n) is 10.6. The van der Waals surface area contributed by atoms with Crippen molar-refractivity contribution in [3.63, 3.8) is 0 Å². The molecule has 146 valence electrons. The lowest BCUT2D eigenvalue weighted by atomic mass is 9.82. The molecule has 0 aliphatic heterocycles. The van der Waals surface area contributed by atoms with E-state index in [4.69, 9.17) is 0 Å². The summed E-state index contributed by atoms with van der Waals surface area (Å²) in [7, 11) is 0. The molecule has 0 saturated heterocycles. The Kier molecular flexibility index (Phi) is 3.64. The molecule has 3 aromatic rings. The van der Waals surface area contributed by atoms with Gasteiger partial charge >= 0.3 is 0 Å². The van der Waals surface area contributed by atoms with E-state index < -0.39 is 0 Å². The average molecular weight is 396 g/mol. The summed E-state index contributed by atoms with van der Waals surface area (Å²) in [6.07, 6.45) is 5.86. The third kappa shape index (κ3) is 2.55. The van der Waals surface area contributed by atoms with Gasteiger partial charge in [0.25, 0.3) is 0 Å². The molecule has 3 aliphatic rings. The van der Waals surface area contributed by atoms with Gasteiger partial charge in [-0.3, -0.25) is 4.79 Å². The summed E-state index contributed by atoms with van der Waals surface area (Å²) < 4.78 is 0. The number of carbonyl (C=O) groups excluding carboxylic acids is 1. The third-order valence-corrected chi connectivity index (χ3v) is 6.67. The standard InChI is InChI=1S/C30H20O/c1-30(2)27-10-6-5-9-24(27)25-15-12-19(17-28(25)30)11-13-20-14-16-23-22-8-4-3-7-21(22)18-26(23)29(20)31/h3-10,12,14-18H,1-2H3. The largest absolute Gasteiger partial charge is 0.288 e. The van der Waals surface area contributed by atoms with E-state index in [1.165, 1.54) is 22.3 Å². The van der Waals surface area contributed by atoms with Crippen molar-refractivity contribution in [3.8, 4) is 23.0 Å². The highest BCUT2D eigenvalue weighted by Crippen LogP contribution is 2.48. The maximum atomic E-state index is 13.1. The molecule has 3 aliphatic carbocycles. The van der Waals surface area contributed by atoms with Crippen molar-refractivity contribution in [2.45, 2.75) is 19.3 Å². The fraction of sp³-hybridized carbons (Fsp3) is 0.100. The van der Waals surface area contributed by atoms with Crippen LogP contribution in [0, 0.1) is 11.8 Å². The van der Waals surface area contributed by atoms with Crippen LogP contribution in [0.1, 0.15) is 41.7 Å². The summed E-state index contributed by atoms with van der Waals surface area (Å²) in [6.45, 7) is 4.53. The van der Waals surface area contributed by atoms with Crippen LogP contribution in [0.15, 0.2) is 90.0 Å². The monoisotopic (exact) mass is 396 g/mol. The Hall–Kier alpha value is -3.89. The van der Waals surface area contributed by atoms with Gasteiger partial charge in [-0.05, 0) is 63.2 Å². The van der Waals surface area contributed by atoms with Gasteiger partial charge in [0.2, 0.25) is 5.78 Å². The molecule has 0 fully saturated rings. The molecule has 31 heavy (non-hydrogen) atoms. The zero-order valence-corrected chi connectivity index (χ0v) is 17.5. The minimum atomic E-state index is -0.0540. The lowest BCUT2D eigenvalue weighted by Crippen LogP contribution is -2.15. The Morgan fingerprint density at radius 2 is 1.45 bits per heavy atom. The van der Waals surface area contributed by atoms with Gasteiger partial charge in [-0.1, -0.05) is 86.4 Å². The molecular weight excluding hydrogens is 376 g/mol. The van der Waals surface area contributed by atoms with Crippen molar-refractivity contribution >= 4 is 17.4 Å². The summed E-state index contributed by atoms with van der Waals surface area (Å²) in [5.41, 5.74) is 10.6. The van der Waals surface area contributed by atoms with Gasteiger partial charge in [0, 0.05) is 16.6 Å². The number of benzene rings is 3. The Labute approximate surface area is 182 Å². The number of hydrogen-bond acceptors (Lipinski definition) is 1. The van der Waals surface area contributed by atoms with Crippen molar-refractivity contribution < 1.29 is 4.79 Å². The number of fused-ring (bicyclic) bond motifs is 6. The van der Waals surface area contributed by atoms with E-state index >= 15 is 0 Å². The summed E-state index contributed by atoms with van der Waals surface area (Å²) in [4.78, 5) is 13.1. The van der Waals surface area contributed by atoms with E-state index in [1.54, 1.807) is 0 Å². The van der Waals surface area contributed by atoms with Crippen LogP contribution < -0.4 is 0 Å². The molecule has 1 heteroatoms. The lowest BCUT2D eigenvalue weighted by Gasteiger charge is -2.21. The molecule has 1 nitrogen and oxygen atoms in total. The van der Waals surface area contributed by atoms with Gasteiger partial charge in [0.05, 0.1) is 5.57 Å². The van der Waals surface area contributed by atoms with Crippen molar-refractivity contribution in [2.75, 3.05) is 0 Å². The number of allylic oxidation sites excluding steroid dienone is 5. The molecular formula is C30H20O. The van der Waals surface area contributed by atoms with Crippen molar-refractivity contribution in [2.24, 2.45) is 0 Å². The van der Waals surface area contributed by atoms with E-state index in [2.05, 4.69) is 74.2 Å². The first-order chi connectivity index (χ1) is 15.0. The highest BCUT2D eigenvalue weighted by molar-refractivity contribution is 6.27. The molecule has 0 bridgehead atoms. The van der Waals surface area contributed by atoms with Crippen LogP contribution in [0.4, 0.5) is 0 Å². The summed E-state index contributed by atoms with van der Waals surface area (Å²) in [6, 6.07) is 23.1. The van der Waals surface area contributed by atoms with Crippen LogP contribution in [0.3, 0.4) is 0 Å². The van der Waals surface area contributed by atoms with Gasteiger partial charge in [-0.15, -0.1) is 0 Å². The number of hydrogen-bond donors (Lipinski definition) is 0. The second kappa shape index (κ2) is 6.30. The highest BCUT2D eigenvalue weighted by Gasteiger charge is 2.35. The van der Waals surface area contributed by atoms with E-state index in [9.17, 15) is 4.79 Å². The SMILES string of the molecule is CC1(C)c2ccccc2-c2ccc(C#CC3=CC=C4C(=Cc5ccccc54)C3=O)cc21. The first kappa shape index (κ1) is 17.9. The van der Waals surface area contributed by atoms with E-state index in [-0.39, 0.29) is 11.2 Å². The Balaban J connectivity index is 1.36. The Morgan fingerprint density at radius 3 is 2.32 bits per heavy atom. The molecule has 0 spiro atoms. The molecule has 0 saturated carbocycles. The topological polar surface area (TPSA) is 17.1 Å². The van der Waals surface area contributed by atoms with Crippen LogP contribution in [0.5, 0.6) is 0 Å². The quantitative estimate of drug-likeness (QED) is 0.406. The molecule has 0 heterocycles. The van der Waals surface area contributed by atoms with Gasteiger partial charge < -0.3 is 0 Å². The fourth-order valence-electron chi connectivity index (χ4n) is 5.02. The predicted molar refractivity (Wildman–Crippen MR) is 126 cm³/mol. The van der Waals surface area contributed by atoms with E-state index in [0.29, 0.717) is 5.57 Å². The van der Waals surface area contributed by atoms with Crippen LogP contribution in [-0.4, -0.2) is 5.78 Å². The van der Waals surface area contributed by atoms with Crippen molar-refractivity contribution in [3.05, 3.63) is 118 Å². The smallest absolute Gasteiger partial charge is 0.202 e. The van der Waals surface area contributed by atoms with E-state index in [1.807, 2.05) is 36.4 Å². The van der Waals surface area contributed by atoms with Gasteiger partial charge in [0.1, 0.15) is 0 Å². The average Bonchev–Trinajstić information content (AvgIpc) is 3.28. The van der Waals surface area contributed by atoms with E-state index in [0.717, 1.165) is 27.8 Å². The van der Waals surface area contributed by atoms with Gasteiger partial charge in [-0.25, -0.2) is 0 Å². The number of Topliss-reactive ketones (excluding diaryl/α,β-unsaturated/α-hetero) is 1. The molecule has 3 aromatic carbocycles. The van der Waals surface area contributed by atoms with Crippen molar-refractivity contribution in [1.82, 2.24) is 0 Å². The van der Waals surface area contributed by atoms with Crippen LogP contribution in [0.2, 0.25) is 0 Å². The maximum absolute atomic E-state index is 13.1. The first-order valence-corrected chi connectivity index (χ1v) is 10.6.